The summed E-state index contributed by atoms with van der Waals surface area (Å²) in [5.41, 5.74) is 7.40. The molecule has 5 heteroatoms. The topological polar surface area (TPSA) is 55.0 Å². The van der Waals surface area contributed by atoms with Crippen molar-refractivity contribution in [1.29, 1.82) is 0 Å². The van der Waals surface area contributed by atoms with Crippen LogP contribution in [0.3, 0.4) is 0 Å². The molecule has 2 rings (SSSR count). The molecular formula is C12H12N4S. The van der Waals surface area contributed by atoms with Gasteiger partial charge in [0.15, 0.2) is 5.82 Å². The Labute approximate surface area is 105 Å². The number of thiocarbonyl (C=S) groups is 1. The lowest BCUT2D eigenvalue weighted by Gasteiger charge is -2.19. The van der Waals surface area contributed by atoms with E-state index in [1.54, 1.807) is 12.3 Å². The molecule has 0 aliphatic carbocycles. The molecule has 0 saturated carbocycles. The Morgan fingerprint density at radius 2 is 1.94 bits per heavy atom. The monoisotopic (exact) mass is 244 g/mol. The van der Waals surface area contributed by atoms with Crippen molar-refractivity contribution in [3.05, 3.63) is 48.2 Å². The first-order chi connectivity index (χ1) is 8.20. The average Bonchev–Trinajstić information content (AvgIpc) is 2.39. The highest BCUT2D eigenvalue weighted by Gasteiger charge is 2.12. The normalized spacial score (nSPS) is 9.94. The molecule has 0 aliphatic heterocycles. The molecule has 4 nitrogen and oxygen atoms in total. The lowest BCUT2D eigenvalue weighted by atomic mass is 10.2. The summed E-state index contributed by atoms with van der Waals surface area (Å²) in [7, 11) is 1.90. The molecule has 0 unspecified atom stereocenters. The van der Waals surface area contributed by atoms with Crippen LogP contribution in [0.4, 0.5) is 11.5 Å². The van der Waals surface area contributed by atoms with Crippen LogP contribution in [0.1, 0.15) is 5.56 Å². The molecule has 1 heterocycles. The highest BCUT2D eigenvalue weighted by atomic mass is 32.1. The van der Waals surface area contributed by atoms with Crippen LogP contribution in [0, 0.1) is 0 Å². The average molecular weight is 244 g/mol. The van der Waals surface area contributed by atoms with Gasteiger partial charge in [-0.3, -0.25) is 0 Å². The van der Waals surface area contributed by atoms with E-state index in [2.05, 4.69) is 10.2 Å². The summed E-state index contributed by atoms with van der Waals surface area (Å²) in [5, 5.41) is 7.95. The number of hydrogen-bond donors (Lipinski definition) is 1. The van der Waals surface area contributed by atoms with Crippen LogP contribution in [-0.2, 0) is 0 Å². The minimum absolute atomic E-state index is 0.317. The van der Waals surface area contributed by atoms with Gasteiger partial charge in [0.1, 0.15) is 4.99 Å². The Morgan fingerprint density at radius 1 is 1.24 bits per heavy atom. The number of hydrogen-bond acceptors (Lipinski definition) is 4. The summed E-state index contributed by atoms with van der Waals surface area (Å²) < 4.78 is 0. The SMILES string of the molecule is CN(c1ccccc1)c1nnccc1C(N)=S. The molecule has 0 fully saturated rings. The lowest BCUT2D eigenvalue weighted by Crippen LogP contribution is -2.19. The van der Waals surface area contributed by atoms with Gasteiger partial charge in [0.2, 0.25) is 0 Å². The predicted octanol–water partition coefficient (Wildman–Crippen LogP) is 1.88. The van der Waals surface area contributed by atoms with Crippen LogP contribution in [-0.4, -0.2) is 22.2 Å². The molecule has 1 aromatic carbocycles. The van der Waals surface area contributed by atoms with Crippen LogP contribution >= 0.6 is 12.2 Å². The van der Waals surface area contributed by atoms with E-state index in [-0.39, 0.29) is 0 Å². The second kappa shape index (κ2) is 4.88. The highest BCUT2D eigenvalue weighted by Crippen LogP contribution is 2.23. The molecule has 0 atom stereocenters. The first-order valence-corrected chi connectivity index (χ1v) is 5.51. The Morgan fingerprint density at radius 3 is 2.59 bits per heavy atom. The van der Waals surface area contributed by atoms with Crippen molar-refractivity contribution in [3.63, 3.8) is 0 Å². The first kappa shape index (κ1) is 11.5. The van der Waals surface area contributed by atoms with E-state index < -0.39 is 0 Å². The standard InChI is InChI=1S/C12H12N4S/c1-16(9-5-3-2-4-6-9)12-10(11(13)17)7-8-14-15-12/h2-8H,1H3,(H2,13,17). The van der Waals surface area contributed by atoms with Crippen LogP contribution in [0.25, 0.3) is 0 Å². The Balaban J connectivity index is 2.44. The van der Waals surface area contributed by atoms with Gasteiger partial charge in [-0.15, -0.1) is 5.10 Å². The van der Waals surface area contributed by atoms with E-state index in [1.165, 1.54) is 0 Å². The van der Waals surface area contributed by atoms with Crippen LogP contribution < -0.4 is 10.6 Å². The maximum atomic E-state index is 5.67. The molecule has 0 radical (unpaired) electrons. The number of para-hydroxylation sites is 1. The zero-order chi connectivity index (χ0) is 12.3. The van der Waals surface area contributed by atoms with Crippen molar-refractivity contribution >= 4 is 28.7 Å². The predicted molar refractivity (Wildman–Crippen MR) is 72.4 cm³/mol. The number of anilines is 2. The summed E-state index contributed by atoms with van der Waals surface area (Å²) in [6, 6.07) is 11.6. The molecule has 2 aromatic rings. The number of nitrogens with zero attached hydrogens (tertiary/aromatic N) is 3. The lowest BCUT2D eigenvalue weighted by molar-refractivity contribution is 0.984. The zero-order valence-corrected chi connectivity index (χ0v) is 10.2. The fraction of sp³-hybridized carbons (Fsp3) is 0.0833. The largest absolute Gasteiger partial charge is 0.389 e. The van der Waals surface area contributed by atoms with Crippen LogP contribution in [0.15, 0.2) is 42.6 Å². The molecular weight excluding hydrogens is 232 g/mol. The molecule has 0 amide bonds. The van der Waals surface area contributed by atoms with Gasteiger partial charge < -0.3 is 10.6 Å². The van der Waals surface area contributed by atoms with Crippen molar-refractivity contribution in [1.82, 2.24) is 10.2 Å². The number of nitrogens with two attached hydrogens (primary N) is 1. The maximum Gasteiger partial charge on any atom is 0.165 e. The van der Waals surface area contributed by atoms with Gasteiger partial charge >= 0.3 is 0 Å². The summed E-state index contributed by atoms with van der Waals surface area (Å²) in [6.45, 7) is 0. The number of benzene rings is 1. The second-order valence-electron chi connectivity index (χ2n) is 3.53. The summed E-state index contributed by atoms with van der Waals surface area (Å²) in [6.07, 6.45) is 1.58. The summed E-state index contributed by atoms with van der Waals surface area (Å²) >= 11 is 5.00. The highest BCUT2D eigenvalue weighted by molar-refractivity contribution is 7.80. The van der Waals surface area contributed by atoms with Gasteiger partial charge in [-0.05, 0) is 18.2 Å². The maximum absolute atomic E-state index is 5.67. The van der Waals surface area contributed by atoms with E-state index in [0.717, 1.165) is 11.3 Å². The van der Waals surface area contributed by atoms with Crippen molar-refractivity contribution in [2.75, 3.05) is 11.9 Å². The van der Waals surface area contributed by atoms with Gasteiger partial charge in [0.25, 0.3) is 0 Å². The molecule has 0 aliphatic rings. The van der Waals surface area contributed by atoms with Crippen LogP contribution in [0.2, 0.25) is 0 Å². The van der Waals surface area contributed by atoms with Gasteiger partial charge in [0, 0.05) is 12.7 Å². The third-order valence-corrected chi connectivity index (χ3v) is 2.65. The minimum Gasteiger partial charge on any atom is -0.389 e. The quantitative estimate of drug-likeness (QED) is 0.835. The molecule has 1 aromatic heterocycles. The third-order valence-electron chi connectivity index (χ3n) is 2.43. The van der Waals surface area contributed by atoms with E-state index >= 15 is 0 Å². The van der Waals surface area contributed by atoms with E-state index in [1.807, 2.05) is 42.3 Å². The van der Waals surface area contributed by atoms with E-state index in [0.29, 0.717) is 10.8 Å². The van der Waals surface area contributed by atoms with E-state index in [9.17, 15) is 0 Å². The Hall–Kier alpha value is -2.01. The fourth-order valence-electron chi connectivity index (χ4n) is 1.54. The Kier molecular flexibility index (Phi) is 3.30. The van der Waals surface area contributed by atoms with Gasteiger partial charge in [-0.2, -0.15) is 5.10 Å². The smallest absolute Gasteiger partial charge is 0.165 e. The molecule has 0 spiro atoms. The minimum atomic E-state index is 0.317. The summed E-state index contributed by atoms with van der Waals surface area (Å²) in [4.78, 5) is 2.22. The van der Waals surface area contributed by atoms with Crippen molar-refractivity contribution in [3.8, 4) is 0 Å². The molecule has 2 N–H and O–H groups in total. The van der Waals surface area contributed by atoms with Crippen LogP contribution in [0.5, 0.6) is 0 Å². The zero-order valence-electron chi connectivity index (χ0n) is 9.37. The molecule has 86 valence electrons. The van der Waals surface area contributed by atoms with Gasteiger partial charge in [0.05, 0.1) is 11.8 Å². The third kappa shape index (κ3) is 2.39. The molecule has 0 bridgehead atoms. The number of aromatic nitrogens is 2. The van der Waals surface area contributed by atoms with E-state index in [4.69, 9.17) is 18.0 Å². The fourth-order valence-corrected chi connectivity index (χ4v) is 1.70. The second-order valence-corrected chi connectivity index (χ2v) is 3.97. The Bertz CT molecular complexity index is 527. The van der Waals surface area contributed by atoms with Gasteiger partial charge in [-0.1, -0.05) is 30.4 Å². The first-order valence-electron chi connectivity index (χ1n) is 5.10. The summed E-state index contributed by atoms with van der Waals surface area (Å²) in [5.74, 6) is 0.659. The molecule has 17 heavy (non-hydrogen) atoms. The number of rotatable bonds is 3. The van der Waals surface area contributed by atoms with Crippen molar-refractivity contribution in [2.45, 2.75) is 0 Å². The van der Waals surface area contributed by atoms with Crippen molar-refractivity contribution < 1.29 is 0 Å². The van der Waals surface area contributed by atoms with Crippen molar-refractivity contribution in [2.24, 2.45) is 5.73 Å². The van der Waals surface area contributed by atoms with Gasteiger partial charge in [-0.25, -0.2) is 0 Å². The molecule has 0 saturated heterocycles.